The topological polar surface area (TPSA) is 44.4 Å². The van der Waals surface area contributed by atoms with Gasteiger partial charge >= 0.3 is 0 Å². The Balaban J connectivity index is 3.57. The molecule has 0 spiro atoms. The van der Waals surface area contributed by atoms with Crippen molar-refractivity contribution in [2.75, 3.05) is 33.2 Å². The Morgan fingerprint density at radius 3 is 2.36 bits per heavy atom. The van der Waals surface area contributed by atoms with E-state index in [4.69, 9.17) is 0 Å². The molecule has 2 N–H and O–H groups in total. The zero-order chi connectivity index (χ0) is 11.0. The van der Waals surface area contributed by atoms with Gasteiger partial charge in [-0.3, -0.25) is 4.79 Å². The van der Waals surface area contributed by atoms with E-state index in [9.17, 15) is 4.79 Å². The number of amides is 1. The van der Waals surface area contributed by atoms with Gasteiger partial charge in [-0.25, -0.2) is 0 Å². The second-order valence-electron chi connectivity index (χ2n) is 3.32. The van der Waals surface area contributed by atoms with Crippen LogP contribution in [0.1, 0.15) is 20.8 Å². The van der Waals surface area contributed by atoms with Gasteiger partial charge in [0.05, 0.1) is 6.04 Å². The molecule has 0 aliphatic rings. The van der Waals surface area contributed by atoms with E-state index in [0.717, 1.165) is 26.2 Å². The van der Waals surface area contributed by atoms with Crippen LogP contribution in [0.25, 0.3) is 0 Å². The van der Waals surface area contributed by atoms with Gasteiger partial charge in [0.25, 0.3) is 0 Å². The maximum Gasteiger partial charge on any atom is 0.236 e. The summed E-state index contributed by atoms with van der Waals surface area (Å²) in [7, 11) is 1.66. The Bertz CT molecular complexity index is 157. The van der Waals surface area contributed by atoms with Crippen LogP contribution >= 0.6 is 0 Å². The van der Waals surface area contributed by atoms with Crippen molar-refractivity contribution in [2.24, 2.45) is 0 Å². The lowest BCUT2D eigenvalue weighted by Crippen LogP contribution is -2.43. The molecule has 1 amide bonds. The highest BCUT2D eigenvalue weighted by Gasteiger charge is 2.09. The van der Waals surface area contributed by atoms with Gasteiger partial charge in [-0.05, 0) is 20.0 Å². The van der Waals surface area contributed by atoms with Crippen molar-refractivity contribution in [3.63, 3.8) is 0 Å². The molecule has 84 valence electrons. The van der Waals surface area contributed by atoms with Crippen LogP contribution in [0.4, 0.5) is 0 Å². The van der Waals surface area contributed by atoms with E-state index >= 15 is 0 Å². The maximum absolute atomic E-state index is 11.1. The van der Waals surface area contributed by atoms with Gasteiger partial charge in [-0.1, -0.05) is 13.8 Å². The summed E-state index contributed by atoms with van der Waals surface area (Å²) in [6, 6.07) is -0.101. The Morgan fingerprint density at radius 1 is 1.36 bits per heavy atom. The number of nitrogens with zero attached hydrogens (tertiary/aromatic N) is 1. The Labute approximate surface area is 87.0 Å². The fourth-order valence-corrected chi connectivity index (χ4v) is 1.29. The van der Waals surface area contributed by atoms with E-state index in [1.807, 2.05) is 6.92 Å². The predicted octanol–water partition coefficient (Wildman–Crippen LogP) is 0.0523. The molecule has 0 rings (SSSR count). The molecule has 0 radical (unpaired) electrons. The van der Waals surface area contributed by atoms with Crippen LogP contribution in [-0.2, 0) is 4.79 Å². The smallest absolute Gasteiger partial charge is 0.236 e. The van der Waals surface area contributed by atoms with Gasteiger partial charge in [0.15, 0.2) is 0 Å². The van der Waals surface area contributed by atoms with Crippen molar-refractivity contribution >= 4 is 5.91 Å². The molecule has 1 atom stereocenters. The first kappa shape index (κ1) is 13.4. The monoisotopic (exact) mass is 201 g/mol. The molecule has 0 aromatic heterocycles. The quantitative estimate of drug-likeness (QED) is 0.612. The zero-order valence-corrected chi connectivity index (χ0v) is 9.76. The van der Waals surface area contributed by atoms with Crippen LogP contribution in [-0.4, -0.2) is 50.1 Å². The van der Waals surface area contributed by atoms with Gasteiger partial charge in [-0.2, -0.15) is 0 Å². The first-order valence-corrected chi connectivity index (χ1v) is 5.33. The first-order chi connectivity index (χ1) is 6.65. The lowest BCUT2D eigenvalue weighted by molar-refractivity contribution is -0.122. The van der Waals surface area contributed by atoms with Gasteiger partial charge in [0.1, 0.15) is 0 Å². The van der Waals surface area contributed by atoms with Crippen LogP contribution in [0.3, 0.4) is 0 Å². The number of rotatable bonds is 7. The molecule has 14 heavy (non-hydrogen) atoms. The Kier molecular flexibility index (Phi) is 7.42. The Hall–Kier alpha value is -0.610. The van der Waals surface area contributed by atoms with Gasteiger partial charge in [0, 0.05) is 20.1 Å². The fraction of sp³-hybridized carbons (Fsp3) is 0.900. The second kappa shape index (κ2) is 7.76. The SMILES string of the molecule is CCN(CC)CCNC(C)C(=O)NC. The minimum Gasteiger partial charge on any atom is -0.358 e. The average molecular weight is 201 g/mol. The van der Waals surface area contributed by atoms with Crippen LogP contribution in [0.5, 0.6) is 0 Å². The average Bonchev–Trinajstić information content (AvgIpc) is 2.22. The number of likely N-dealkylation sites (N-methyl/N-ethyl adjacent to an activating group) is 2. The molecule has 1 unspecified atom stereocenters. The third-order valence-electron chi connectivity index (χ3n) is 2.41. The summed E-state index contributed by atoms with van der Waals surface area (Å²) in [5, 5.41) is 5.79. The van der Waals surface area contributed by atoms with Gasteiger partial charge in [-0.15, -0.1) is 0 Å². The number of hydrogen-bond donors (Lipinski definition) is 2. The van der Waals surface area contributed by atoms with Crippen LogP contribution < -0.4 is 10.6 Å². The molecule has 0 bridgehead atoms. The van der Waals surface area contributed by atoms with E-state index in [1.165, 1.54) is 0 Å². The molecule has 0 aliphatic heterocycles. The summed E-state index contributed by atoms with van der Waals surface area (Å²) in [4.78, 5) is 13.5. The van der Waals surface area contributed by atoms with Crippen molar-refractivity contribution in [2.45, 2.75) is 26.8 Å². The van der Waals surface area contributed by atoms with Gasteiger partial charge in [0.2, 0.25) is 5.91 Å². The van der Waals surface area contributed by atoms with Crippen LogP contribution in [0.15, 0.2) is 0 Å². The summed E-state index contributed by atoms with van der Waals surface area (Å²) in [6.45, 7) is 10.1. The van der Waals surface area contributed by atoms with E-state index in [2.05, 4.69) is 29.4 Å². The van der Waals surface area contributed by atoms with Crippen molar-refractivity contribution in [3.05, 3.63) is 0 Å². The van der Waals surface area contributed by atoms with Crippen molar-refractivity contribution in [1.29, 1.82) is 0 Å². The molecular formula is C10H23N3O. The minimum atomic E-state index is -0.101. The third-order valence-corrected chi connectivity index (χ3v) is 2.41. The molecule has 0 aliphatic carbocycles. The highest BCUT2D eigenvalue weighted by atomic mass is 16.2. The predicted molar refractivity (Wildman–Crippen MR) is 59.3 cm³/mol. The van der Waals surface area contributed by atoms with Crippen molar-refractivity contribution in [1.82, 2.24) is 15.5 Å². The fourth-order valence-electron chi connectivity index (χ4n) is 1.29. The van der Waals surface area contributed by atoms with Crippen molar-refractivity contribution < 1.29 is 4.79 Å². The van der Waals surface area contributed by atoms with Crippen molar-refractivity contribution in [3.8, 4) is 0 Å². The molecule has 0 aromatic rings. The first-order valence-electron chi connectivity index (χ1n) is 5.33. The molecular weight excluding hydrogens is 178 g/mol. The minimum absolute atomic E-state index is 0.0459. The second-order valence-corrected chi connectivity index (χ2v) is 3.32. The standard InChI is InChI=1S/C10H23N3O/c1-5-13(6-2)8-7-12-9(3)10(14)11-4/h9,12H,5-8H2,1-4H3,(H,11,14). The Morgan fingerprint density at radius 2 is 1.93 bits per heavy atom. The van der Waals surface area contributed by atoms with E-state index in [1.54, 1.807) is 7.05 Å². The zero-order valence-electron chi connectivity index (χ0n) is 9.76. The van der Waals surface area contributed by atoms with Gasteiger partial charge < -0.3 is 15.5 Å². The number of nitrogens with one attached hydrogen (secondary N) is 2. The largest absolute Gasteiger partial charge is 0.358 e. The number of carbonyl (C=O) groups is 1. The van der Waals surface area contributed by atoms with E-state index in [0.29, 0.717) is 0 Å². The molecule has 0 heterocycles. The lowest BCUT2D eigenvalue weighted by atomic mass is 10.3. The molecule has 0 saturated heterocycles. The van der Waals surface area contributed by atoms with E-state index in [-0.39, 0.29) is 11.9 Å². The normalized spacial score (nSPS) is 12.9. The molecule has 0 saturated carbocycles. The van der Waals surface area contributed by atoms with Crippen LogP contribution in [0, 0.1) is 0 Å². The van der Waals surface area contributed by atoms with E-state index < -0.39 is 0 Å². The molecule has 0 fully saturated rings. The summed E-state index contributed by atoms with van der Waals surface area (Å²) < 4.78 is 0. The van der Waals surface area contributed by atoms with Crippen LogP contribution in [0.2, 0.25) is 0 Å². The maximum atomic E-state index is 11.1. The number of carbonyl (C=O) groups excluding carboxylic acids is 1. The highest BCUT2D eigenvalue weighted by Crippen LogP contribution is 1.86. The summed E-state index contributed by atoms with van der Waals surface area (Å²) in [5.41, 5.74) is 0. The highest BCUT2D eigenvalue weighted by molar-refractivity contribution is 5.80. The molecule has 4 nitrogen and oxygen atoms in total. The third kappa shape index (κ3) is 5.19. The summed E-state index contributed by atoms with van der Waals surface area (Å²) in [6.07, 6.45) is 0. The molecule has 4 heteroatoms. The lowest BCUT2D eigenvalue weighted by Gasteiger charge is -2.19. The summed E-state index contributed by atoms with van der Waals surface area (Å²) >= 11 is 0. The number of hydrogen-bond acceptors (Lipinski definition) is 3. The molecule has 0 aromatic carbocycles. The summed E-state index contributed by atoms with van der Waals surface area (Å²) in [5.74, 6) is 0.0459.